The zero-order valence-corrected chi connectivity index (χ0v) is 15.8. The third kappa shape index (κ3) is 4.51. The average Bonchev–Trinajstić information content (AvgIpc) is 2.62. The number of rotatable bonds is 3. The first-order valence-corrected chi connectivity index (χ1v) is 9.27. The summed E-state index contributed by atoms with van der Waals surface area (Å²) in [6.07, 6.45) is 3.62. The third-order valence-corrected chi connectivity index (χ3v) is 5.15. The summed E-state index contributed by atoms with van der Waals surface area (Å²) in [5, 5.41) is 0.734. The largest absolute Gasteiger partial charge is 0.423 e. The molecule has 3 rings (SSSR count). The fourth-order valence-corrected chi connectivity index (χ4v) is 3.57. The second kappa shape index (κ2) is 8.17. The van der Waals surface area contributed by atoms with Gasteiger partial charge in [-0.05, 0) is 61.7 Å². The van der Waals surface area contributed by atoms with Gasteiger partial charge in [-0.25, -0.2) is 4.79 Å². The fraction of sp³-hybridized carbons (Fsp3) is 0.263. The number of benzene rings is 2. The van der Waals surface area contributed by atoms with Gasteiger partial charge >= 0.3 is 5.97 Å². The molecule has 1 saturated heterocycles. The summed E-state index contributed by atoms with van der Waals surface area (Å²) >= 11 is 17.4. The van der Waals surface area contributed by atoms with Crippen LogP contribution in [0.15, 0.2) is 42.5 Å². The van der Waals surface area contributed by atoms with Crippen LogP contribution in [0.1, 0.15) is 35.2 Å². The van der Waals surface area contributed by atoms with Crippen molar-refractivity contribution in [1.29, 1.82) is 0 Å². The first-order chi connectivity index (χ1) is 12.0. The minimum Gasteiger partial charge on any atom is -0.423 e. The van der Waals surface area contributed by atoms with Gasteiger partial charge in [0.2, 0.25) is 0 Å². The van der Waals surface area contributed by atoms with Gasteiger partial charge in [-0.15, -0.1) is 0 Å². The topological polar surface area (TPSA) is 29.5 Å². The minimum atomic E-state index is -0.520. The standard InChI is InChI=1S/C19H17Cl2NO2S/c20-14-6-9-16(17(21)12-14)19(23)24-15-7-4-13(5-8-15)18(25)22-10-2-1-3-11-22/h4-9,12H,1-3,10-11H2. The van der Waals surface area contributed by atoms with E-state index >= 15 is 0 Å². The van der Waals surface area contributed by atoms with E-state index in [9.17, 15) is 4.79 Å². The van der Waals surface area contributed by atoms with E-state index in [0.717, 1.165) is 23.6 Å². The SMILES string of the molecule is O=C(Oc1ccc(C(=S)N2CCCCC2)cc1)c1ccc(Cl)cc1Cl. The maximum Gasteiger partial charge on any atom is 0.345 e. The van der Waals surface area contributed by atoms with E-state index in [1.807, 2.05) is 12.1 Å². The number of carbonyl (C=O) groups excluding carboxylic acids is 1. The van der Waals surface area contributed by atoms with Gasteiger partial charge in [0.05, 0.1) is 10.6 Å². The second-order valence-corrected chi connectivity index (χ2v) is 7.12. The highest BCUT2D eigenvalue weighted by Crippen LogP contribution is 2.23. The van der Waals surface area contributed by atoms with Crippen LogP contribution in [0.25, 0.3) is 0 Å². The normalized spacial score (nSPS) is 14.2. The molecule has 2 aromatic carbocycles. The Bertz CT molecular complexity index is 787. The molecule has 0 atom stereocenters. The Hall–Kier alpha value is -1.62. The Morgan fingerprint density at radius 2 is 1.68 bits per heavy atom. The molecule has 0 unspecified atom stereocenters. The van der Waals surface area contributed by atoms with Crippen LogP contribution in [0.5, 0.6) is 5.75 Å². The zero-order chi connectivity index (χ0) is 17.8. The molecule has 1 heterocycles. The molecular formula is C19H17Cl2NO2S. The van der Waals surface area contributed by atoms with E-state index in [0.29, 0.717) is 10.8 Å². The first-order valence-electron chi connectivity index (χ1n) is 8.11. The molecule has 0 N–H and O–H groups in total. The van der Waals surface area contributed by atoms with Gasteiger partial charge in [0.25, 0.3) is 0 Å². The van der Waals surface area contributed by atoms with Gasteiger partial charge in [0.1, 0.15) is 10.7 Å². The number of hydrogen-bond donors (Lipinski definition) is 0. The van der Waals surface area contributed by atoms with Gasteiger partial charge < -0.3 is 9.64 Å². The van der Waals surface area contributed by atoms with Crippen molar-refractivity contribution in [2.45, 2.75) is 19.3 Å². The lowest BCUT2D eigenvalue weighted by molar-refractivity contribution is 0.0735. The van der Waals surface area contributed by atoms with Crippen molar-refractivity contribution >= 4 is 46.4 Å². The van der Waals surface area contributed by atoms with E-state index in [-0.39, 0.29) is 10.6 Å². The first kappa shape index (κ1) is 18.2. The number of thiocarbonyl (C=S) groups is 1. The highest BCUT2D eigenvalue weighted by molar-refractivity contribution is 7.80. The number of carbonyl (C=O) groups is 1. The van der Waals surface area contributed by atoms with Gasteiger partial charge in [0, 0.05) is 23.7 Å². The Balaban J connectivity index is 1.67. The van der Waals surface area contributed by atoms with Gasteiger partial charge in [-0.3, -0.25) is 0 Å². The Labute approximate surface area is 162 Å². The minimum absolute atomic E-state index is 0.264. The quantitative estimate of drug-likeness (QED) is 0.398. The molecule has 1 fully saturated rings. The molecule has 25 heavy (non-hydrogen) atoms. The van der Waals surface area contributed by atoms with Gasteiger partial charge in [-0.1, -0.05) is 35.4 Å². The van der Waals surface area contributed by atoms with Crippen molar-refractivity contribution in [2.24, 2.45) is 0 Å². The number of esters is 1. The Morgan fingerprint density at radius 3 is 2.32 bits per heavy atom. The number of hydrogen-bond acceptors (Lipinski definition) is 3. The third-order valence-electron chi connectivity index (χ3n) is 4.11. The van der Waals surface area contributed by atoms with Crippen molar-refractivity contribution in [3.8, 4) is 5.75 Å². The molecule has 6 heteroatoms. The van der Waals surface area contributed by atoms with Crippen LogP contribution in [-0.2, 0) is 0 Å². The zero-order valence-electron chi connectivity index (χ0n) is 13.5. The van der Waals surface area contributed by atoms with Crippen molar-refractivity contribution in [1.82, 2.24) is 4.90 Å². The number of ether oxygens (including phenoxy) is 1. The maximum absolute atomic E-state index is 12.2. The van der Waals surface area contributed by atoms with E-state index in [2.05, 4.69) is 4.90 Å². The molecule has 1 aliphatic rings. The number of likely N-dealkylation sites (tertiary alicyclic amines) is 1. The molecule has 0 aromatic heterocycles. The summed E-state index contributed by atoms with van der Waals surface area (Å²) in [5.41, 5.74) is 1.24. The lowest BCUT2D eigenvalue weighted by atomic mass is 10.1. The summed E-state index contributed by atoms with van der Waals surface area (Å²) in [4.78, 5) is 15.3. The molecule has 0 spiro atoms. The van der Waals surface area contributed by atoms with Crippen LogP contribution in [0.4, 0.5) is 0 Å². The van der Waals surface area contributed by atoms with Gasteiger partial charge in [0.15, 0.2) is 0 Å². The smallest absolute Gasteiger partial charge is 0.345 e. The summed E-state index contributed by atoms with van der Waals surface area (Å²) in [6.45, 7) is 2.01. The summed E-state index contributed by atoms with van der Waals surface area (Å²) < 4.78 is 5.38. The summed E-state index contributed by atoms with van der Waals surface area (Å²) in [7, 11) is 0. The number of piperidine rings is 1. The fourth-order valence-electron chi connectivity index (χ4n) is 2.76. The molecule has 1 aliphatic heterocycles. The predicted molar refractivity (Wildman–Crippen MR) is 105 cm³/mol. The molecular weight excluding hydrogens is 377 g/mol. The maximum atomic E-state index is 12.2. The highest BCUT2D eigenvalue weighted by atomic mass is 35.5. The molecule has 0 amide bonds. The molecule has 0 aliphatic carbocycles. The Kier molecular flexibility index (Phi) is 5.94. The monoisotopic (exact) mass is 393 g/mol. The predicted octanol–water partition coefficient (Wildman–Crippen LogP) is 5.37. The van der Waals surface area contributed by atoms with Crippen LogP contribution in [0.3, 0.4) is 0 Å². The lowest BCUT2D eigenvalue weighted by Crippen LogP contribution is -2.34. The summed E-state index contributed by atoms with van der Waals surface area (Å²) in [6, 6.07) is 11.9. The van der Waals surface area contributed by atoms with E-state index in [4.69, 9.17) is 40.2 Å². The lowest BCUT2D eigenvalue weighted by Gasteiger charge is -2.29. The van der Waals surface area contributed by atoms with Crippen molar-refractivity contribution in [3.05, 3.63) is 63.6 Å². The summed E-state index contributed by atoms with van der Waals surface area (Å²) in [5.74, 6) is -0.0748. The van der Waals surface area contributed by atoms with Crippen molar-refractivity contribution in [3.63, 3.8) is 0 Å². The molecule has 130 valence electrons. The average molecular weight is 394 g/mol. The van der Waals surface area contributed by atoms with Gasteiger partial charge in [-0.2, -0.15) is 0 Å². The Morgan fingerprint density at radius 1 is 1.00 bits per heavy atom. The number of halogens is 2. The molecule has 0 saturated carbocycles. The molecule has 0 radical (unpaired) electrons. The van der Waals surface area contributed by atoms with Crippen LogP contribution in [0, 0.1) is 0 Å². The van der Waals surface area contributed by atoms with E-state index in [1.165, 1.54) is 25.3 Å². The number of nitrogens with zero attached hydrogens (tertiary/aromatic N) is 1. The van der Waals surface area contributed by atoms with Crippen LogP contribution < -0.4 is 4.74 Å². The molecule has 3 nitrogen and oxygen atoms in total. The highest BCUT2D eigenvalue weighted by Gasteiger charge is 2.16. The molecule has 2 aromatic rings. The van der Waals surface area contributed by atoms with Crippen LogP contribution >= 0.6 is 35.4 Å². The van der Waals surface area contributed by atoms with Crippen LogP contribution in [0.2, 0.25) is 10.0 Å². The van der Waals surface area contributed by atoms with E-state index < -0.39 is 5.97 Å². The van der Waals surface area contributed by atoms with Crippen molar-refractivity contribution < 1.29 is 9.53 Å². The second-order valence-electron chi connectivity index (χ2n) is 5.89. The molecule has 0 bridgehead atoms. The van der Waals surface area contributed by atoms with E-state index in [1.54, 1.807) is 24.3 Å². The van der Waals surface area contributed by atoms with Crippen LogP contribution in [-0.4, -0.2) is 28.9 Å². The van der Waals surface area contributed by atoms with Crippen molar-refractivity contribution in [2.75, 3.05) is 13.1 Å².